The molecule has 1 aromatic heterocycles. The fourth-order valence-corrected chi connectivity index (χ4v) is 2.17. The van der Waals surface area contributed by atoms with Gasteiger partial charge in [0.25, 0.3) is 0 Å². The highest BCUT2D eigenvalue weighted by Crippen LogP contribution is 2.22. The number of alkyl halides is 1. The largest absolute Gasteiger partial charge is 0.495 e. The summed E-state index contributed by atoms with van der Waals surface area (Å²) in [7, 11) is 1.66. The van der Waals surface area contributed by atoms with Crippen molar-refractivity contribution in [2.75, 3.05) is 25.1 Å². The fourth-order valence-electron chi connectivity index (χ4n) is 1.76. The molecule has 0 atom stereocenters. The van der Waals surface area contributed by atoms with Crippen molar-refractivity contribution in [3.8, 4) is 5.75 Å². The Balaban J connectivity index is 2.03. The SMILES string of the molecule is COc1ccc(N2CCC(Br)CC2)nc1. The van der Waals surface area contributed by atoms with E-state index in [1.54, 1.807) is 13.3 Å². The van der Waals surface area contributed by atoms with Crippen LogP contribution in [0.2, 0.25) is 0 Å². The van der Waals surface area contributed by atoms with E-state index in [0.717, 1.165) is 24.7 Å². The number of ether oxygens (including phenoxy) is 1. The Kier molecular flexibility index (Phi) is 3.46. The average Bonchev–Trinajstić information content (AvgIpc) is 2.30. The van der Waals surface area contributed by atoms with Crippen LogP contribution in [0.4, 0.5) is 5.82 Å². The minimum Gasteiger partial charge on any atom is -0.495 e. The standard InChI is InChI=1S/C11H15BrN2O/c1-15-10-2-3-11(13-8-10)14-6-4-9(12)5-7-14/h2-3,8-9H,4-7H2,1H3. The number of hydrogen-bond acceptors (Lipinski definition) is 3. The summed E-state index contributed by atoms with van der Waals surface area (Å²) >= 11 is 3.64. The van der Waals surface area contributed by atoms with Gasteiger partial charge in [-0.2, -0.15) is 0 Å². The Bertz CT molecular complexity index is 307. The summed E-state index contributed by atoms with van der Waals surface area (Å²) in [5, 5.41) is 0. The molecule has 1 fully saturated rings. The molecule has 0 aromatic carbocycles. The van der Waals surface area contributed by atoms with E-state index in [1.807, 2.05) is 12.1 Å². The van der Waals surface area contributed by atoms with Crippen LogP contribution in [-0.2, 0) is 0 Å². The minimum atomic E-state index is 0.673. The number of aromatic nitrogens is 1. The first-order valence-corrected chi connectivity index (χ1v) is 6.10. The molecular weight excluding hydrogens is 256 g/mol. The first kappa shape index (κ1) is 10.7. The maximum absolute atomic E-state index is 5.09. The van der Waals surface area contributed by atoms with E-state index in [-0.39, 0.29) is 0 Å². The highest BCUT2D eigenvalue weighted by atomic mass is 79.9. The van der Waals surface area contributed by atoms with Gasteiger partial charge in [-0.3, -0.25) is 0 Å². The number of hydrogen-bond donors (Lipinski definition) is 0. The molecule has 1 aliphatic rings. The molecule has 2 rings (SSSR count). The third kappa shape index (κ3) is 2.62. The lowest BCUT2D eigenvalue weighted by molar-refractivity contribution is 0.413. The van der Waals surface area contributed by atoms with Gasteiger partial charge in [0.05, 0.1) is 13.3 Å². The van der Waals surface area contributed by atoms with Crippen LogP contribution in [0, 0.1) is 0 Å². The second kappa shape index (κ2) is 4.84. The number of halogens is 1. The number of anilines is 1. The van der Waals surface area contributed by atoms with Gasteiger partial charge in [-0.05, 0) is 25.0 Å². The maximum Gasteiger partial charge on any atom is 0.137 e. The summed E-state index contributed by atoms with van der Waals surface area (Å²) in [5.41, 5.74) is 0. The van der Waals surface area contributed by atoms with Crippen LogP contribution in [0.3, 0.4) is 0 Å². The normalized spacial score (nSPS) is 17.9. The van der Waals surface area contributed by atoms with Crippen molar-refractivity contribution in [1.29, 1.82) is 0 Å². The monoisotopic (exact) mass is 270 g/mol. The van der Waals surface area contributed by atoms with Crippen molar-refractivity contribution in [3.05, 3.63) is 18.3 Å². The molecule has 1 saturated heterocycles. The van der Waals surface area contributed by atoms with Crippen LogP contribution in [0.5, 0.6) is 5.75 Å². The highest BCUT2D eigenvalue weighted by molar-refractivity contribution is 9.09. The number of pyridine rings is 1. The van der Waals surface area contributed by atoms with Gasteiger partial charge in [-0.15, -0.1) is 0 Å². The number of rotatable bonds is 2. The minimum absolute atomic E-state index is 0.673. The summed E-state index contributed by atoms with van der Waals surface area (Å²) < 4.78 is 5.09. The molecule has 3 nitrogen and oxygen atoms in total. The second-order valence-electron chi connectivity index (χ2n) is 3.72. The molecule has 0 bridgehead atoms. The summed E-state index contributed by atoms with van der Waals surface area (Å²) in [6.45, 7) is 2.16. The molecule has 0 amide bonds. The number of piperidine rings is 1. The summed E-state index contributed by atoms with van der Waals surface area (Å²) in [5.74, 6) is 1.87. The molecule has 0 spiro atoms. The molecular formula is C11H15BrN2O. The lowest BCUT2D eigenvalue weighted by Crippen LogP contribution is -2.34. The van der Waals surface area contributed by atoms with E-state index >= 15 is 0 Å². The Morgan fingerprint density at radius 1 is 1.40 bits per heavy atom. The summed E-state index contributed by atoms with van der Waals surface area (Å²) in [6.07, 6.45) is 4.15. The van der Waals surface area contributed by atoms with Gasteiger partial charge in [0.2, 0.25) is 0 Å². The highest BCUT2D eigenvalue weighted by Gasteiger charge is 2.17. The van der Waals surface area contributed by atoms with Gasteiger partial charge in [0, 0.05) is 17.9 Å². The predicted molar refractivity (Wildman–Crippen MR) is 65.0 cm³/mol. The van der Waals surface area contributed by atoms with Crippen LogP contribution in [-0.4, -0.2) is 30.0 Å². The Hall–Kier alpha value is -0.770. The first-order chi connectivity index (χ1) is 7.29. The van der Waals surface area contributed by atoms with Crippen molar-refractivity contribution in [3.63, 3.8) is 0 Å². The van der Waals surface area contributed by atoms with Crippen molar-refractivity contribution in [2.45, 2.75) is 17.7 Å². The molecule has 0 aliphatic carbocycles. The third-order valence-electron chi connectivity index (χ3n) is 2.70. The second-order valence-corrected chi connectivity index (χ2v) is 5.01. The molecule has 82 valence electrons. The van der Waals surface area contributed by atoms with E-state index in [0.29, 0.717) is 4.83 Å². The average molecular weight is 271 g/mol. The lowest BCUT2D eigenvalue weighted by Gasteiger charge is -2.30. The molecule has 0 unspecified atom stereocenters. The smallest absolute Gasteiger partial charge is 0.137 e. The number of methoxy groups -OCH3 is 1. The van der Waals surface area contributed by atoms with Gasteiger partial charge in [-0.1, -0.05) is 15.9 Å². The molecule has 4 heteroatoms. The van der Waals surface area contributed by atoms with Gasteiger partial charge in [-0.25, -0.2) is 4.98 Å². The Labute approximate surface area is 98.6 Å². The number of nitrogens with zero attached hydrogens (tertiary/aromatic N) is 2. The zero-order valence-electron chi connectivity index (χ0n) is 8.82. The van der Waals surface area contributed by atoms with Crippen LogP contribution in [0.1, 0.15) is 12.8 Å². The topological polar surface area (TPSA) is 25.4 Å². The van der Waals surface area contributed by atoms with Gasteiger partial charge in [0.15, 0.2) is 0 Å². The van der Waals surface area contributed by atoms with Gasteiger partial charge < -0.3 is 9.64 Å². The van der Waals surface area contributed by atoms with E-state index in [1.165, 1.54) is 12.8 Å². The van der Waals surface area contributed by atoms with E-state index in [9.17, 15) is 0 Å². The fraction of sp³-hybridized carbons (Fsp3) is 0.545. The van der Waals surface area contributed by atoms with E-state index in [4.69, 9.17) is 4.74 Å². The summed E-state index contributed by atoms with van der Waals surface area (Å²) in [6, 6.07) is 3.98. The summed E-state index contributed by atoms with van der Waals surface area (Å²) in [4.78, 5) is 7.37. The molecule has 2 heterocycles. The zero-order chi connectivity index (χ0) is 10.7. The van der Waals surface area contributed by atoms with Gasteiger partial charge in [0.1, 0.15) is 11.6 Å². The predicted octanol–water partition coefficient (Wildman–Crippen LogP) is 2.45. The van der Waals surface area contributed by atoms with E-state index in [2.05, 4.69) is 25.8 Å². The van der Waals surface area contributed by atoms with Crippen molar-refractivity contribution >= 4 is 21.7 Å². The van der Waals surface area contributed by atoms with Crippen molar-refractivity contribution < 1.29 is 4.74 Å². The first-order valence-electron chi connectivity index (χ1n) is 5.18. The lowest BCUT2D eigenvalue weighted by atomic mass is 10.1. The molecule has 0 radical (unpaired) electrons. The quantitative estimate of drug-likeness (QED) is 0.772. The van der Waals surface area contributed by atoms with Gasteiger partial charge >= 0.3 is 0 Å². The Morgan fingerprint density at radius 3 is 2.67 bits per heavy atom. The third-order valence-corrected chi connectivity index (χ3v) is 3.62. The molecule has 1 aliphatic heterocycles. The molecule has 15 heavy (non-hydrogen) atoms. The van der Waals surface area contributed by atoms with Crippen LogP contribution < -0.4 is 9.64 Å². The molecule has 1 aromatic rings. The van der Waals surface area contributed by atoms with E-state index < -0.39 is 0 Å². The Morgan fingerprint density at radius 2 is 2.13 bits per heavy atom. The molecule has 0 N–H and O–H groups in total. The zero-order valence-corrected chi connectivity index (χ0v) is 10.4. The van der Waals surface area contributed by atoms with Crippen LogP contribution in [0.25, 0.3) is 0 Å². The van der Waals surface area contributed by atoms with Crippen LogP contribution >= 0.6 is 15.9 Å². The maximum atomic E-state index is 5.09. The van der Waals surface area contributed by atoms with Crippen molar-refractivity contribution in [2.24, 2.45) is 0 Å². The molecule has 0 saturated carbocycles. The van der Waals surface area contributed by atoms with Crippen LogP contribution in [0.15, 0.2) is 18.3 Å². The van der Waals surface area contributed by atoms with Crippen molar-refractivity contribution in [1.82, 2.24) is 4.98 Å².